The van der Waals surface area contributed by atoms with Gasteiger partial charge in [0.05, 0.1) is 12.2 Å². The van der Waals surface area contributed by atoms with E-state index in [4.69, 9.17) is 9.47 Å². The SMILES string of the molecule is CCOC(=O)C1OC1C(=O)NC(C=C(C)C)C(=O)NCCC(C)(C)O. The van der Waals surface area contributed by atoms with Crippen molar-refractivity contribution in [2.45, 2.75) is 64.9 Å². The van der Waals surface area contributed by atoms with Gasteiger partial charge < -0.3 is 25.2 Å². The number of rotatable bonds is 9. The molecule has 0 aromatic heterocycles. The van der Waals surface area contributed by atoms with Crippen molar-refractivity contribution in [1.29, 1.82) is 0 Å². The van der Waals surface area contributed by atoms with Crippen molar-refractivity contribution in [1.82, 2.24) is 10.6 Å². The molecule has 0 saturated carbocycles. The molecule has 142 valence electrons. The van der Waals surface area contributed by atoms with Gasteiger partial charge in [-0.1, -0.05) is 11.6 Å². The standard InChI is InChI=1S/C17H28N2O6/c1-6-24-16(22)13-12(25-13)15(21)19-11(9-10(2)3)14(20)18-8-7-17(4,5)23/h9,11-13,23H,6-8H2,1-5H3,(H,18,20)(H,19,21). The third-order valence-corrected chi connectivity index (χ3v) is 3.39. The summed E-state index contributed by atoms with van der Waals surface area (Å²) >= 11 is 0. The van der Waals surface area contributed by atoms with E-state index in [1.165, 1.54) is 0 Å². The molecule has 0 bridgehead atoms. The second-order valence-electron chi connectivity index (χ2n) is 6.81. The van der Waals surface area contributed by atoms with E-state index in [-0.39, 0.29) is 13.2 Å². The molecule has 3 atom stereocenters. The van der Waals surface area contributed by atoms with Crippen molar-refractivity contribution in [3.05, 3.63) is 11.6 Å². The van der Waals surface area contributed by atoms with Gasteiger partial charge in [0, 0.05) is 6.54 Å². The molecule has 8 nitrogen and oxygen atoms in total. The van der Waals surface area contributed by atoms with E-state index in [9.17, 15) is 19.5 Å². The molecule has 0 aliphatic carbocycles. The number of aliphatic hydroxyl groups is 1. The van der Waals surface area contributed by atoms with Crippen LogP contribution < -0.4 is 10.6 Å². The van der Waals surface area contributed by atoms with Crippen LogP contribution >= 0.6 is 0 Å². The molecule has 3 N–H and O–H groups in total. The lowest BCUT2D eigenvalue weighted by molar-refractivity contribution is -0.144. The van der Waals surface area contributed by atoms with Crippen LogP contribution in [-0.2, 0) is 23.9 Å². The Kier molecular flexibility index (Phi) is 7.57. The van der Waals surface area contributed by atoms with Crippen LogP contribution in [0.4, 0.5) is 0 Å². The Morgan fingerprint density at radius 3 is 2.44 bits per heavy atom. The number of esters is 1. The molecule has 2 amide bonds. The van der Waals surface area contributed by atoms with E-state index in [0.29, 0.717) is 6.42 Å². The van der Waals surface area contributed by atoms with Crippen LogP contribution in [0.25, 0.3) is 0 Å². The number of carbonyl (C=O) groups is 3. The smallest absolute Gasteiger partial charge is 0.338 e. The summed E-state index contributed by atoms with van der Waals surface area (Å²) < 4.78 is 9.82. The van der Waals surface area contributed by atoms with Gasteiger partial charge in [-0.2, -0.15) is 0 Å². The van der Waals surface area contributed by atoms with Crippen LogP contribution in [0.1, 0.15) is 41.0 Å². The molecule has 1 aliphatic heterocycles. The van der Waals surface area contributed by atoms with Gasteiger partial charge in [0.2, 0.25) is 5.91 Å². The van der Waals surface area contributed by atoms with E-state index in [0.717, 1.165) is 5.57 Å². The predicted octanol–water partition coefficient (Wildman–Crippen LogP) is 0.0451. The molecule has 0 aromatic rings. The van der Waals surface area contributed by atoms with E-state index in [1.807, 2.05) is 0 Å². The molecule has 0 radical (unpaired) electrons. The minimum atomic E-state index is -0.934. The number of carbonyl (C=O) groups excluding carboxylic acids is 3. The van der Waals surface area contributed by atoms with Gasteiger partial charge in [-0.15, -0.1) is 0 Å². The Labute approximate surface area is 147 Å². The highest BCUT2D eigenvalue weighted by Crippen LogP contribution is 2.23. The summed E-state index contributed by atoms with van der Waals surface area (Å²) in [6.07, 6.45) is 0.145. The fourth-order valence-electron chi connectivity index (χ4n) is 2.07. The zero-order valence-electron chi connectivity index (χ0n) is 15.4. The first-order valence-corrected chi connectivity index (χ1v) is 8.32. The molecule has 0 spiro atoms. The largest absolute Gasteiger partial charge is 0.464 e. The van der Waals surface area contributed by atoms with Crippen LogP contribution in [0.5, 0.6) is 0 Å². The van der Waals surface area contributed by atoms with Gasteiger partial charge in [0.25, 0.3) is 5.91 Å². The maximum absolute atomic E-state index is 12.3. The molecule has 0 aromatic carbocycles. The average Bonchev–Trinajstić information content (AvgIpc) is 3.25. The van der Waals surface area contributed by atoms with Gasteiger partial charge in [-0.3, -0.25) is 9.59 Å². The van der Waals surface area contributed by atoms with Crippen molar-refractivity contribution < 1.29 is 29.0 Å². The molecule has 8 heteroatoms. The molecular weight excluding hydrogens is 328 g/mol. The van der Waals surface area contributed by atoms with Gasteiger partial charge >= 0.3 is 5.97 Å². The second kappa shape index (κ2) is 8.96. The Balaban J connectivity index is 2.59. The van der Waals surface area contributed by atoms with Gasteiger partial charge in [0.1, 0.15) is 6.04 Å². The number of amides is 2. The summed E-state index contributed by atoms with van der Waals surface area (Å²) in [5.74, 6) is -1.53. The minimum Gasteiger partial charge on any atom is -0.464 e. The summed E-state index contributed by atoms with van der Waals surface area (Å²) in [5.41, 5.74) is -0.0429. The quantitative estimate of drug-likeness (QED) is 0.305. The fourth-order valence-corrected chi connectivity index (χ4v) is 2.07. The molecule has 1 rings (SSSR count). The lowest BCUT2D eigenvalue weighted by Gasteiger charge is -2.19. The van der Waals surface area contributed by atoms with Crippen molar-refractivity contribution >= 4 is 17.8 Å². The van der Waals surface area contributed by atoms with Crippen molar-refractivity contribution in [2.24, 2.45) is 0 Å². The molecule has 1 aliphatic rings. The summed E-state index contributed by atoms with van der Waals surface area (Å²) in [4.78, 5) is 35.9. The van der Waals surface area contributed by atoms with Crippen LogP contribution in [-0.4, -0.2) is 59.9 Å². The number of hydrogen-bond acceptors (Lipinski definition) is 6. The highest BCUT2D eigenvalue weighted by atomic mass is 16.6. The monoisotopic (exact) mass is 356 g/mol. The number of nitrogens with one attached hydrogen (secondary N) is 2. The van der Waals surface area contributed by atoms with Crippen molar-refractivity contribution in [3.63, 3.8) is 0 Å². The molecule has 1 heterocycles. The van der Waals surface area contributed by atoms with Gasteiger partial charge in [-0.05, 0) is 41.0 Å². The lowest BCUT2D eigenvalue weighted by Crippen LogP contribution is -2.48. The van der Waals surface area contributed by atoms with Crippen molar-refractivity contribution in [3.8, 4) is 0 Å². The zero-order chi connectivity index (χ0) is 19.2. The zero-order valence-corrected chi connectivity index (χ0v) is 15.4. The van der Waals surface area contributed by atoms with E-state index >= 15 is 0 Å². The Hall–Kier alpha value is -1.93. The minimum absolute atomic E-state index is 0.205. The Bertz CT molecular complexity index is 534. The number of ether oxygens (including phenoxy) is 2. The third-order valence-electron chi connectivity index (χ3n) is 3.39. The Morgan fingerprint density at radius 2 is 1.92 bits per heavy atom. The van der Waals surface area contributed by atoms with Crippen LogP contribution in [0, 0.1) is 0 Å². The van der Waals surface area contributed by atoms with Crippen LogP contribution in [0.15, 0.2) is 11.6 Å². The normalized spacial score (nSPS) is 20.2. The first-order chi connectivity index (χ1) is 11.5. The highest BCUT2D eigenvalue weighted by molar-refractivity contribution is 5.96. The maximum atomic E-state index is 12.3. The van der Waals surface area contributed by atoms with Gasteiger partial charge in [-0.25, -0.2) is 4.79 Å². The fraction of sp³-hybridized carbons (Fsp3) is 0.706. The van der Waals surface area contributed by atoms with Crippen LogP contribution in [0.2, 0.25) is 0 Å². The number of hydrogen-bond donors (Lipinski definition) is 3. The third kappa shape index (κ3) is 7.66. The summed E-state index contributed by atoms with van der Waals surface area (Å²) in [6.45, 7) is 9.05. The first kappa shape index (κ1) is 21.1. The van der Waals surface area contributed by atoms with Crippen LogP contribution in [0.3, 0.4) is 0 Å². The number of epoxide rings is 1. The maximum Gasteiger partial charge on any atom is 0.338 e. The van der Waals surface area contributed by atoms with Gasteiger partial charge in [0.15, 0.2) is 12.2 Å². The highest BCUT2D eigenvalue weighted by Gasteiger charge is 2.52. The molecule has 1 fully saturated rings. The summed E-state index contributed by atoms with van der Waals surface area (Å²) in [6, 6.07) is -0.883. The molecule has 25 heavy (non-hydrogen) atoms. The molecular formula is C17H28N2O6. The average molecular weight is 356 g/mol. The summed E-state index contributed by atoms with van der Waals surface area (Å²) in [7, 11) is 0. The lowest BCUT2D eigenvalue weighted by atomic mass is 10.1. The van der Waals surface area contributed by atoms with Crippen molar-refractivity contribution in [2.75, 3.05) is 13.2 Å². The molecule has 3 unspecified atom stereocenters. The second-order valence-corrected chi connectivity index (χ2v) is 6.81. The summed E-state index contributed by atoms with van der Waals surface area (Å²) in [5, 5.41) is 14.9. The van der Waals surface area contributed by atoms with E-state index < -0.39 is 41.6 Å². The first-order valence-electron chi connectivity index (χ1n) is 8.32. The number of allylic oxidation sites excluding steroid dienone is 1. The predicted molar refractivity (Wildman–Crippen MR) is 90.6 cm³/mol. The topological polar surface area (TPSA) is 117 Å². The Morgan fingerprint density at radius 1 is 1.28 bits per heavy atom. The van der Waals surface area contributed by atoms with E-state index in [2.05, 4.69) is 10.6 Å². The molecule has 1 saturated heterocycles. The van der Waals surface area contributed by atoms with E-state index in [1.54, 1.807) is 40.7 Å².